The average molecular weight is 257 g/mol. The first-order valence-electron chi connectivity index (χ1n) is 6.81. The largest absolute Gasteiger partial charge is 0.462 e. The molecule has 3 nitrogen and oxygen atoms in total. The maximum absolute atomic E-state index is 11.7. The van der Waals surface area contributed by atoms with E-state index in [1.165, 1.54) is 5.56 Å². The summed E-state index contributed by atoms with van der Waals surface area (Å²) in [5.41, 5.74) is 2.75. The minimum atomic E-state index is -0.309. The van der Waals surface area contributed by atoms with Crippen LogP contribution in [0.4, 0.5) is 0 Å². The van der Waals surface area contributed by atoms with Gasteiger partial charge in [-0.3, -0.25) is 4.98 Å². The van der Waals surface area contributed by atoms with Gasteiger partial charge in [0.25, 0.3) is 0 Å². The van der Waals surface area contributed by atoms with Crippen molar-refractivity contribution in [1.29, 1.82) is 0 Å². The monoisotopic (exact) mass is 257 g/mol. The van der Waals surface area contributed by atoms with Crippen LogP contribution in [0.1, 0.15) is 42.6 Å². The number of esters is 1. The number of hydrogen-bond donors (Lipinski definition) is 0. The number of aromatic nitrogens is 1. The van der Waals surface area contributed by atoms with Crippen molar-refractivity contribution < 1.29 is 9.53 Å². The molecule has 1 aromatic carbocycles. The van der Waals surface area contributed by atoms with E-state index in [1.807, 2.05) is 18.2 Å². The second-order valence-corrected chi connectivity index (χ2v) is 4.54. The molecule has 0 aliphatic rings. The van der Waals surface area contributed by atoms with Crippen molar-refractivity contribution in [3.63, 3.8) is 0 Å². The molecule has 0 fully saturated rings. The van der Waals surface area contributed by atoms with Crippen LogP contribution in [0.25, 0.3) is 10.9 Å². The van der Waals surface area contributed by atoms with Crippen molar-refractivity contribution >= 4 is 16.9 Å². The van der Waals surface area contributed by atoms with Crippen LogP contribution in [0.15, 0.2) is 30.5 Å². The van der Waals surface area contributed by atoms with Gasteiger partial charge in [-0.2, -0.15) is 0 Å². The Hall–Kier alpha value is -1.90. The lowest BCUT2D eigenvalue weighted by Gasteiger charge is -2.07. The second kappa shape index (κ2) is 6.32. The number of hydrogen-bond acceptors (Lipinski definition) is 3. The molecule has 0 atom stereocenters. The van der Waals surface area contributed by atoms with Crippen molar-refractivity contribution in [2.24, 2.45) is 0 Å². The van der Waals surface area contributed by atoms with Crippen LogP contribution in [0.2, 0.25) is 0 Å². The van der Waals surface area contributed by atoms with Gasteiger partial charge in [0, 0.05) is 11.6 Å². The highest BCUT2D eigenvalue weighted by Gasteiger charge is 2.09. The van der Waals surface area contributed by atoms with Gasteiger partial charge in [0.05, 0.1) is 17.7 Å². The number of ether oxygens (including phenoxy) is 1. The van der Waals surface area contributed by atoms with E-state index >= 15 is 0 Å². The SMILES string of the molecule is CCCCc1cccc2cc(C(=O)OCC)cnc12. The van der Waals surface area contributed by atoms with Crippen LogP contribution in [0.5, 0.6) is 0 Å². The van der Waals surface area contributed by atoms with Crippen LogP contribution in [-0.2, 0) is 11.2 Å². The number of unbranched alkanes of at least 4 members (excludes halogenated alkanes) is 1. The van der Waals surface area contributed by atoms with E-state index in [9.17, 15) is 4.79 Å². The van der Waals surface area contributed by atoms with Gasteiger partial charge in [-0.05, 0) is 31.4 Å². The summed E-state index contributed by atoms with van der Waals surface area (Å²) in [7, 11) is 0. The number of benzene rings is 1. The third-order valence-electron chi connectivity index (χ3n) is 3.11. The third kappa shape index (κ3) is 3.11. The van der Waals surface area contributed by atoms with Crippen LogP contribution in [0.3, 0.4) is 0 Å². The van der Waals surface area contributed by atoms with Crippen molar-refractivity contribution in [2.75, 3.05) is 6.61 Å². The Balaban J connectivity index is 2.36. The summed E-state index contributed by atoms with van der Waals surface area (Å²) in [6.07, 6.45) is 4.95. The summed E-state index contributed by atoms with van der Waals surface area (Å²) >= 11 is 0. The molecule has 2 aromatic rings. The Labute approximate surface area is 113 Å². The fourth-order valence-electron chi connectivity index (χ4n) is 2.12. The molecule has 0 unspecified atom stereocenters. The third-order valence-corrected chi connectivity index (χ3v) is 3.11. The van der Waals surface area contributed by atoms with E-state index in [0.29, 0.717) is 12.2 Å². The summed E-state index contributed by atoms with van der Waals surface area (Å²) in [6, 6.07) is 7.97. The average Bonchev–Trinajstić information content (AvgIpc) is 2.44. The van der Waals surface area contributed by atoms with Crippen molar-refractivity contribution in [1.82, 2.24) is 4.98 Å². The molecule has 0 amide bonds. The fraction of sp³-hybridized carbons (Fsp3) is 0.375. The lowest BCUT2D eigenvalue weighted by molar-refractivity contribution is 0.0526. The lowest BCUT2D eigenvalue weighted by Crippen LogP contribution is -2.05. The second-order valence-electron chi connectivity index (χ2n) is 4.54. The summed E-state index contributed by atoms with van der Waals surface area (Å²) in [5.74, 6) is -0.309. The lowest BCUT2D eigenvalue weighted by atomic mass is 10.0. The highest BCUT2D eigenvalue weighted by molar-refractivity contribution is 5.94. The Bertz CT molecular complexity index is 578. The maximum atomic E-state index is 11.7. The van der Waals surface area contributed by atoms with E-state index in [4.69, 9.17) is 4.74 Å². The number of pyridine rings is 1. The van der Waals surface area contributed by atoms with E-state index in [1.54, 1.807) is 13.1 Å². The smallest absolute Gasteiger partial charge is 0.339 e. The molecule has 0 spiro atoms. The Morgan fingerprint density at radius 3 is 2.89 bits per heavy atom. The predicted octanol–water partition coefficient (Wildman–Crippen LogP) is 3.75. The molecule has 0 aliphatic heterocycles. The fourth-order valence-corrected chi connectivity index (χ4v) is 2.12. The minimum absolute atomic E-state index is 0.309. The van der Waals surface area contributed by atoms with Crippen molar-refractivity contribution in [3.05, 3.63) is 41.6 Å². The molecule has 0 radical (unpaired) electrons. The number of para-hydroxylation sites is 1. The van der Waals surface area contributed by atoms with Gasteiger partial charge in [-0.25, -0.2) is 4.79 Å². The molecule has 1 heterocycles. The summed E-state index contributed by atoms with van der Waals surface area (Å²) in [5, 5.41) is 0.999. The summed E-state index contributed by atoms with van der Waals surface area (Å²) in [4.78, 5) is 16.1. The Morgan fingerprint density at radius 1 is 1.32 bits per heavy atom. The first-order valence-corrected chi connectivity index (χ1v) is 6.81. The topological polar surface area (TPSA) is 39.2 Å². The van der Waals surface area contributed by atoms with Gasteiger partial charge in [0.1, 0.15) is 0 Å². The number of carbonyl (C=O) groups excluding carboxylic acids is 1. The molecule has 3 heteroatoms. The van der Waals surface area contributed by atoms with Gasteiger partial charge in [-0.15, -0.1) is 0 Å². The normalized spacial score (nSPS) is 10.6. The summed E-state index contributed by atoms with van der Waals surface area (Å²) in [6.45, 7) is 4.36. The van der Waals surface area contributed by atoms with Crippen LogP contribution < -0.4 is 0 Å². The highest BCUT2D eigenvalue weighted by Crippen LogP contribution is 2.19. The van der Waals surface area contributed by atoms with Gasteiger partial charge >= 0.3 is 5.97 Å². The first-order chi connectivity index (χ1) is 9.26. The van der Waals surface area contributed by atoms with Gasteiger partial charge < -0.3 is 4.74 Å². The summed E-state index contributed by atoms with van der Waals surface area (Å²) < 4.78 is 4.99. The molecule has 0 aliphatic carbocycles. The van der Waals surface area contributed by atoms with E-state index in [0.717, 1.165) is 30.2 Å². The van der Waals surface area contributed by atoms with Crippen molar-refractivity contribution in [2.45, 2.75) is 33.1 Å². The quantitative estimate of drug-likeness (QED) is 0.766. The molecule has 2 rings (SSSR count). The first kappa shape index (κ1) is 13.5. The van der Waals surface area contributed by atoms with Gasteiger partial charge in [0.15, 0.2) is 0 Å². The van der Waals surface area contributed by atoms with Gasteiger partial charge in [-0.1, -0.05) is 31.5 Å². The number of carbonyl (C=O) groups is 1. The van der Waals surface area contributed by atoms with E-state index in [-0.39, 0.29) is 5.97 Å². The molecule has 100 valence electrons. The molecule has 0 N–H and O–H groups in total. The molecular weight excluding hydrogens is 238 g/mol. The van der Waals surface area contributed by atoms with Crippen LogP contribution >= 0.6 is 0 Å². The molecular formula is C16H19NO2. The molecule has 0 bridgehead atoms. The van der Waals surface area contributed by atoms with Crippen molar-refractivity contribution in [3.8, 4) is 0 Å². The zero-order valence-electron chi connectivity index (χ0n) is 11.5. The highest BCUT2D eigenvalue weighted by atomic mass is 16.5. The van der Waals surface area contributed by atoms with Crippen LogP contribution in [-0.4, -0.2) is 17.6 Å². The molecule has 1 aromatic heterocycles. The predicted molar refractivity (Wildman–Crippen MR) is 76.3 cm³/mol. The standard InChI is InChI=1S/C16H19NO2/c1-3-5-7-12-8-6-9-13-10-14(11-17-15(12)13)16(18)19-4-2/h6,8-11H,3-5,7H2,1-2H3. The number of aryl methyl sites for hydroxylation is 1. The number of fused-ring (bicyclic) bond motifs is 1. The van der Waals surface area contributed by atoms with Gasteiger partial charge in [0.2, 0.25) is 0 Å². The Morgan fingerprint density at radius 2 is 2.16 bits per heavy atom. The molecule has 0 saturated heterocycles. The van der Waals surface area contributed by atoms with Crippen LogP contribution in [0, 0.1) is 0 Å². The molecule has 0 saturated carbocycles. The van der Waals surface area contributed by atoms with E-state index < -0.39 is 0 Å². The zero-order chi connectivity index (χ0) is 13.7. The minimum Gasteiger partial charge on any atom is -0.462 e. The maximum Gasteiger partial charge on any atom is 0.339 e. The zero-order valence-corrected chi connectivity index (χ0v) is 11.5. The number of nitrogens with zero attached hydrogens (tertiary/aromatic N) is 1. The molecule has 19 heavy (non-hydrogen) atoms. The number of rotatable bonds is 5. The Kier molecular flexibility index (Phi) is 4.50. The van der Waals surface area contributed by atoms with E-state index in [2.05, 4.69) is 18.0 Å².